The van der Waals surface area contributed by atoms with Crippen molar-refractivity contribution >= 4 is 17.7 Å². The third-order valence-electron chi connectivity index (χ3n) is 8.61. The van der Waals surface area contributed by atoms with Crippen molar-refractivity contribution in [1.29, 1.82) is 0 Å². The van der Waals surface area contributed by atoms with Crippen molar-refractivity contribution in [1.82, 2.24) is 0 Å². The number of carbonyl (C=O) groups is 3. The zero-order valence-electron chi connectivity index (χ0n) is 17.0. The first-order chi connectivity index (χ1) is 13.2. The van der Waals surface area contributed by atoms with E-state index >= 15 is 0 Å². The highest BCUT2D eigenvalue weighted by Gasteiger charge is 2.58. The van der Waals surface area contributed by atoms with E-state index in [4.69, 9.17) is 9.84 Å². The van der Waals surface area contributed by atoms with E-state index in [1.807, 2.05) is 0 Å². The molecule has 0 bridgehead atoms. The molecule has 4 aliphatic rings. The zero-order chi connectivity index (χ0) is 20.1. The smallest absolute Gasteiger partial charge is 0.306 e. The number of aliphatic carboxylic acids is 1. The minimum atomic E-state index is -0.969. The fourth-order valence-corrected chi connectivity index (χ4v) is 6.95. The first-order valence-corrected chi connectivity index (χ1v) is 10.9. The van der Waals surface area contributed by atoms with E-state index in [9.17, 15) is 14.4 Å². The predicted octanol–water partition coefficient (Wildman–Crippen LogP) is 4.29. The summed E-state index contributed by atoms with van der Waals surface area (Å²) >= 11 is 0. The van der Waals surface area contributed by atoms with Crippen LogP contribution in [0.4, 0.5) is 0 Å². The van der Waals surface area contributed by atoms with Gasteiger partial charge in [0, 0.05) is 18.3 Å². The molecule has 0 aromatic carbocycles. The van der Waals surface area contributed by atoms with Gasteiger partial charge in [-0.1, -0.05) is 25.5 Å². The molecule has 154 valence electrons. The summed E-state index contributed by atoms with van der Waals surface area (Å²) in [6.45, 7) is 4.59. The standard InChI is InChI=1S/C23H32O5/c1-22-11-9-15(28-21(27)8-7-20(25)26)13-14(22)3-4-16-17-5-6-19(24)23(17,2)12-10-18(16)22/h3,15-18H,4-13H2,1-2H3,(H,25,26)/t15-,16+,17-,18-,22-,23-/m0/s1. The summed E-state index contributed by atoms with van der Waals surface area (Å²) in [6.07, 6.45) is 9.66. The van der Waals surface area contributed by atoms with E-state index < -0.39 is 11.9 Å². The lowest BCUT2D eigenvalue weighted by Gasteiger charge is -2.56. The average Bonchev–Trinajstić information content (AvgIpc) is 2.95. The molecule has 0 aromatic rings. The van der Waals surface area contributed by atoms with Gasteiger partial charge in [-0.15, -0.1) is 0 Å². The Labute approximate surface area is 166 Å². The molecule has 0 amide bonds. The van der Waals surface area contributed by atoms with E-state index in [-0.39, 0.29) is 29.8 Å². The highest BCUT2D eigenvalue weighted by atomic mass is 16.5. The Bertz CT molecular complexity index is 725. The molecule has 1 N–H and O–H groups in total. The predicted molar refractivity (Wildman–Crippen MR) is 103 cm³/mol. The molecule has 3 saturated carbocycles. The Morgan fingerprint density at radius 2 is 1.82 bits per heavy atom. The molecular weight excluding hydrogens is 356 g/mol. The monoisotopic (exact) mass is 388 g/mol. The van der Waals surface area contributed by atoms with Crippen molar-refractivity contribution in [2.75, 3.05) is 0 Å². The third-order valence-corrected chi connectivity index (χ3v) is 8.61. The van der Waals surface area contributed by atoms with Crippen molar-refractivity contribution < 1.29 is 24.2 Å². The van der Waals surface area contributed by atoms with Gasteiger partial charge in [0.2, 0.25) is 0 Å². The lowest BCUT2D eigenvalue weighted by atomic mass is 9.48. The summed E-state index contributed by atoms with van der Waals surface area (Å²) in [7, 11) is 0. The number of fused-ring (bicyclic) bond motifs is 5. The molecule has 0 saturated heterocycles. The van der Waals surface area contributed by atoms with Gasteiger partial charge < -0.3 is 9.84 Å². The molecule has 5 heteroatoms. The molecule has 3 fully saturated rings. The first kappa shape index (κ1) is 19.7. The van der Waals surface area contributed by atoms with Gasteiger partial charge in [0.1, 0.15) is 11.9 Å². The highest BCUT2D eigenvalue weighted by molar-refractivity contribution is 5.87. The number of carboxylic acids is 1. The highest BCUT2D eigenvalue weighted by Crippen LogP contribution is 2.64. The molecule has 28 heavy (non-hydrogen) atoms. The minimum absolute atomic E-state index is 0.0544. The van der Waals surface area contributed by atoms with E-state index in [1.54, 1.807) is 0 Å². The van der Waals surface area contributed by atoms with E-state index in [1.165, 1.54) is 5.57 Å². The average molecular weight is 389 g/mol. The SMILES string of the molecule is C[C@]12CC[C@H](OC(=O)CCC(=O)O)CC1=CC[C@H]1[C@@H]2CC[C@]2(C)C(=O)CC[C@@H]12. The van der Waals surface area contributed by atoms with Crippen LogP contribution >= 0.6 is 0 Å². The fourth-order valence-electron chi connectivity index (χ4n) is 6.95. The normalized spacial score (nSPS) is 42.1. The number of ketones is 1. The number of rotatable bonds is 4. The van der Waals surface area contributed by atoms with Crippen LogP contribution in [0.25, 0.3) is 0 Å². The van der Waals surface area contributed by atoms with Crippen LogP contribution in [0.3, 0.4) is 0 Å². The third kappa shape index (κ3) is 3.11. The lowest BCUT2D eigenvalue weighted by Crippen LogP contribution is -2.50. The quantitative estimate of drug-likeness (QED) is 0.574. The van der Waals surface area contributed by atoms with Crippen LogP contribution in [0.15, 0.2) is 11.6 Å². The molecule has 0 heterocycles. The van der Waals surface area contributed by atoms with Gasteiger partial charge in [0.15, 0.2) is 0 Å². The Morgan fingerprint density at radius 3 is 2.57 bits per heavy atom. The molecule has 0 aliphatic heterocycles. The number of carbonyl (C=O) groups excluding carboxylic acids is 2. The summed E-state index contributed by atoms with van der Waals surface area (Å²) in [5, 5.41) is 8.73. The fraction of sp³-hybridized carbons (Fsp3) is 0.783. The number of hydrogen-bond donors (Lipinski definition) is 1. The van der Waals surface area contributed by atoms with Gasteiger partial charge in [-0.05, 0) is 61.7 Å². The molecule has 4 rings (SSSR count). The second-order valence-electron chi connectivity index (χ2n) is 9.93. The Hall–Kier alpha value is -1.65. The van der Waals surface area contributed by atoms with E-state index in [0.29, 0.717) is 23.5 Å². The molecule has 4 aliphatic carbocycles. The Morgan fingerprint density at radius 1 is 1.11 bits per heavy atom. The van der Waals surface area contributed by atoms with Crippen molar-refractivity contribution in [3.8, 4) is 0 Å². The number of ether oxygens (including phenoxy) is 1. The summed E-state index contributed by atoms with van der Waals surface area (Å²) in [4.78, 5) is 35.1. The topological polar surface area (TPSA) is 80.7 Å². The number of hydrogen-bond acceptors (Lipinski definition) is 4. The summed E-state index contributed by atoms with van der Waals surface area (Å²) in [5.41, 5.74) is 1.48. The first-order valence-electron chi connectivity index (χ1n) is 10.9. The van der Waals surface area contributed by atoms with Crippen molar-refractivity contribution in [3.05, 3.63) is 11.6 Å². The molecule has 5 nitrogen and oxygen atoms in total. The van der Waals surface area contributed by atoms with Crippen LogP contribution in [0.2, 0.25) is 0 Å². The lowest BCUT2D eigenvalue weighted by molar-refractivity contribution is -0.154. The largest absolute Gasteiger partial charge is 0.481 e. The Balaban J connectivity index is 1.46. The molecule has 0 aromatic heterocycles. The van der Waals surface area contributed by atoms with Crippen LogP contribution in [-0.2, 0) is 19.1 Å². The molecule has 0 radical (unpaired) electrons. The minimum Gasteiger partial charge on any atom is -0.481 e. The van der Waals surface area contributed by atoms with Gasteiger partial charge in [0.25, 0.3) is 0 Å². The molecular formula is C23H32O5. The number of Topliss-reactive ketones (excluding diaryl/α,β-unsaturated/α-hetero) is 1. The van der Waals surface area contributed by atoms with Crippen LogP contribution in [0.1, 0.15) is 78.1 Å². The number of allylic oxidation sites excluding steroid dienone is 1. The Kier molecular flexibility index (Phi) is 4.91. The number of esters is 1. The molecule has 0 unspecified atom stereocenters. The summed E-state index contributed by atoms with van der Waals surface area (Å²) in [5.74, 6) is 0.869. The van der Waals surface area contributed by atoms with Gasteiger partial charge in [-0.25, -0.2) is 0 Å². The van der Waals surface area contributed by atoms with E-state index in [2.05, 4.69) is 19.9 Å². The van der Waals surface area contributed by atoms with Gasteiger partial charge in [0.05, 0.1) is 12.8 Å². The van der Waals surface area contributed by atoms with Crippen LogP contribution in [0.5, 0.6) is 0 Å². The van der Waals surface area contributed by atoms with Crippen molar-refractivity contribution in [2.24, 2.45) is 28.6 Å². The molecule has 0 spiro atoms. The van der Waals surface area contributed by atoms with Gasteiger partial charge in [-0.2, -0.15) is 0 Å². The zero-order valence-corrected chi connectivity index (χ0v) is 17.0. The van der Waals surface area contributed by atoms with Crippen LogP contribution in [-0.4, -0.2) is 28.9 Å². The van der Waals surface area contributed by atoms with Crippen LogP contribution < -0.4 is 0 Å². The maximum absolute atomic E-state index is 12.5. The maximum Gasteiger partial charge on any atom is 0.306 e. The van der Waals surface area contributed by atoms with Crippen molar-refractivity contribution in [3.63, 3.8) is 0 Å². The molecule has 6 atom stereocenters. The second kappa shape index (κ2) is 7.00. The van der Waals surface area contributed by atoms with Gasteiger partial charge in [-0.3, -0.25) is 14.4 Å². The van der Waals surface area contributed by atoms with Crippen LogP contribution in [0, 0.1) is 28.6 Å². The number of carboxylic acid groups (broad SMARTS) is 1. The van der Waals surface area contributed by atoms with Gasteiger partial charge >= 0.3 is 11.9 Å². The van der Waals surface area contributed by atoms with E-state index in [0.717, 1.165) is 51.4 Å². The van der Waals surface area contributed by atoms with Crippen molar-refractivity contribution in [2.45, 2.75) is 84.2 Å². The summed E-state index contributed by atoms with van der Waals surface area (Å²) in [6, 6.07) is 0. The summed E-state index contributed by atoms with van der Waals surface area (Å²) < 4.78 is 5.58. The maximum atomic E-state index is 12.5. The second-order valence-corrected chi connectivity index (χ2v) is 9.93.